The Morgan fingerprint density at radius 1 is 0.760 bits per heavy atom. The van der Waals surface area contributed by atoms with Crippen molar-refractivity contribution >= 4 is 33.7 Å². The van der Waals surface area contributed by atoms with Gasteiger partial charge in [0.25, 0.3) is 0 Å². The van der Waals surface area contributed by atoms with E-state index >= 15 is 0 Å². The zero-order chi connectivity index (χ0) is 16.6. The van der Waals surface area contributed by atoms with Crippen LogP contribution in [0.3, 0.4) is 0 Å². The number of benzene rings is 1. The van der Waals surface area contributed by atoms with E-state index in [9.17, 15) is 0 Å². The number of ether oxygens (including phenoxy) is 2. The highest BCUT2D eigenvalue weighted by molar-refractivity contribution is 7.14. The minimum Gasteiger partial charge on any atom is -0.489 e. The summed E-state index contributed by atoms with van der Waals surface area (Å²) in [5, 5.41) is 4.13. The summed E-state index contributed by atoms with van der Waals surface area (Å²) in [4.78, 5) is 12.1. The molecule has 5 rings (SSSR count). The van der Waals surface area contributed by atoms with Crippen LogP contribution in [0.5, 0.6) is 11.5 Å². The summed E-state index contributed by atoms with van der Waals surface area (Å²) in [5.74, 6) is 1.50. The SMILES string of the molecule is c1csc(-c2nc3cc4c(cc3nc2-c2cccs2)OCCCO4)c1. The quantitative estimate of drug-likeness (QED) is 0.486. The average molecular weight is 366 g/mol. The number of hydrogen-bond donors (Lipinski definition) is 0. The minimum atomic E-state index is 0.664. The summed E-state index contributed by atoms with van der Waals surface area (Å²) >= 11 is 3.35. The summed E-state index contributed by atoms with van der Waals surface area (Å²) in [6, 6.07) is 12.1. The predicted molar refractivity (Wildman–Crippen MR) is 102 cm³/mol. The monoisotopic (exact) mass is 366 g/mol. The molecule has 1 aliphatic heterocycles. The molecule has 0 fully saturated rings. The molecule has 4 heterocycles. The van der Waals surface area contributed by atoms with Gasteiger partial charge in [0.05, 0.1) is 34.0 Å². The van der Waals surface area contributed by atoms with Gasteiger partial charge in [0, 0.05) is 18.6 Å². The van der Waals surface area contributed by atoms with E-state index in [1.807, 2.05) is 24.3 Å². The molecule has 0 saturated heterocycles. The van der Waals surface area contributed by atoms with Crippen molar-refractivity contribution in [3.8, 4) is 32.6 Å². The molecule has 0 bridgehead atoms. The van der Waals surface area contributed by atoms with Crippen molar-refractivity contribution in [2.75, 3.05) is 13.2 Å². The third-order valence-corrected chi connectivity index (χ3v) is 5.80. The largest absolute Gasteiger partial charge is 0.489 e. The van der Waals surface area contributed by atoms with Gasteiger partial charge in [-0.15, -0.1) is 22.7 Å². The topological polar surface area (TPSA) is 44.2 Å². The lowest BCUT2D eigenvalue weighted by Gasteiger charge is -2.11. The van der Waals surface area contributed by atoms with Gasteiger partial charge in [0.1, 0.15) is 11.4 Å². The Labute approximate surface area is 152 Å². The standard InChI is InChI=1S/C19H14N2O2S2/c1-4-16(24-8-1)18-19(17-5-2-9-25-17)21-13-11-15-14(10-12(13)20-18)22-6-3-7-23-15/h1-2,4-5,8-11H,3,6-7H2. The van der Waals surface area contributed by atoms with Crippen LogP contribution in [0.25, 0.3) is 32.2 Å². The van der Waals surface area contributed by atoms with Crippen molar-refractivity contribution in [1.29, 1.82) is 0 Å². The van der Waals surface area contributed by atoms with Crippen LogP contribution in [-0.4, -0.2) is 23.2 Å². The van der Waals surface area contributed by atoms with Crippen molar-refractivity contribution in [2.24, 2.45) is 0 Å². The van der Waals surface area contributed by atoms with Gasteiger partial charge in [-0.3, -0.25) is 0 Å². The van der Waals surface area contributed by atoms with Gasteiger partial charge in [-0.1, -0.05) is 12.1 Å². The van der Waals surface area contributed by atoms with Gasteiger partial charge in [-0.25, -0.2) is 9.97 Å². The number of thiophene rings is 2. The van der Waals surface area contributed by atoms with Crippen LogP contribution in [0.4, 0.5) is 0 Å². The van der Waals surface area contributed by atoms with E-state index in [1.165, 1.54) is 0 Å². The maximum Gasteiger partial charge on any atom is 0.163 e. The number of fused-ring (bicyclic) bond motifs is 2. The molecule has 0 saturated carbocycles. The molecule has 1 aliphatic rings. The Kier molecular flexibility index (Phi) is 3.64. The Hall–Kier alpha value is -2.44. The van der Waals surface area contributed by atoms with Crippen molar-refractivity contribution in [3.05, 3.63) is 47.2 Å². The minimum absolute atomic E-state index is 0.664. The molecule has 4 aromatic rings. The first-order valence-electron chi connectivity index (χ1n) is 8.08. The predicted octanol–water partition coefficient (Wildman–Crippen LogP) is 5.25. The molecule has 6 heteroatoms. The Balaban J connectivity index is 1.77. The number of aromatic nitrogens is 2. The summed E-state index contributed by atoms with van der Waals surface area (Å²) in [6.07, 6.45) is 0.882. The van der Waals surface area contributed by atoms with Crippen LogP contribution < -0.4 is 9.47 Å². The third kappa shape index (κ3) is 2.67. The molecule has 0 aliphatic carbocycles. The lowest BCUT2D eigenvalue weighted by molar-refractivity contribution is 0.297. The number of hydrogen-bond acceptors (Lipinski definition) is 6. The summed E-state index contributed by atoms with van der Waals surface area (Å²) < 4.78 is 11.6. The van der Waals surface area contributed by atoms with Crippen LogP contribution >= 0.6 is 22.7 Å². The molecule has 4 nitrogen and oxygen atoms in total. The fourth-order valence-corrected chi connectivity index (χ4v) is 4.31. The average Bonchev–Trinajstić information content (AvgIpc) is 3.30. The summed E-state index contributed by atoms with van der Waals surface area (Å²) in [7, 11) is 0. The van der Waals surface area contributed by atoms with Crippen molar-refractivity contribution in [1.82, 2.24) is 9.97 Å². The van der Waals surface area contributed by atoms with E-state index in [-0.39, 0.29) is 0 Å². The first-order valence-corrected chi connectivity index (χ1v) is 9.83. The van der Waals surface area contributed by atoms with E-state index < -0.39 is 0 Å². The van der Waals surface area contributed by atoms with Crippen molar-refractivity contribution < 1.29 is 9.47 Å². The van der Waals surface area contributed by atoms with Gasteiger partial charge in [-0.2, -0.15) is 0 Å². The summed E-state index contributed by atoms with van der Waals surface area (Å²) in [5.41, 5.74) is 3.49. The van der Waals surface area contributed by atoms with Crippen LogP contribution in [0.1, 0.15) is 6.42 Å². The Morgan fingerprint density at radius 2 is 1.28 bits per heavy atom. The molecule has 3 aromatic heterocycles. The van der Waals surface area contributed by atoms with Crippen molar-refractivity contribution in [2.45, 2.75) is 6.42 Å². The molecule has 0 radical (unpaired) electrons. The molecular formula is C19H14N2O2S2. The smallest absolute Gasteiger partial charge is 0.163 e. The third-order valence-electron chi connectivity index (χ3n) is 4.04. The van der Waals surface area contributed by atoms with E-state index in [2.05, 4.69) is 22.9 Å². The Bertz CT molecular complexity index is 945. The second-order valence-electron chi connectivity index (χ2n) is 5.71. The molecule has 1 aromatic carbocycles. The van der Waals surface area contributed by atoms with E-state index in [0.29, 0.717) is 13.2 Å². The molecule has 0 atom stereocenters. The highest BCUT2D eigenvalue weighted by Crippen LogP contribution is 2.38. The van der Waals surface area contributed by atoms with Crippen LogP contribution in [0.15, 0.2) is 47.2 Å². The molecule has 25 heavy (non-hydrogen) atoms. The van der Waals surface area contributed by atoms with Crippen LogP contribution in [0.2, 0.25) is 0 Å². The maximum atomic E-state index is 5.80. The first-order chi connectivity index (χ1) is 12.4. The second kappa shape index (κ2) is 6.13. The van der Waals surface area contributed by atoms with E-state index in [1.54, 1.807) is 22.7 Å². The molecule has 124 valence electrons. The van der Waals surface area contributed by atoms with E-state index in [0.717, 1.165) is 50.1 Å². The van der Waals surface area contributed by atoms with Crippen LogP contribution in [0, 0.1) is 0 Å². The fraction of sp³-hybridized carbons (Fsp3) is 0.158. The Morgan fingerprint density at radius 3 is 1.72 bits per heavy atom. The highest BCUT2D eigenvalue weighted by Gasteiger charge is 2.18. The van der Waals surface area contributed by atoms with Crippen molar-refractivity contribution in [3.63, 3.8) is 0 Å². The zero-order valence-electron chi connectivity index (χ0n) is 13.3. The number of nitrogens with zero attached hydrogens (tertiary/aromatic N) is 2. The normalized spacial score (nSPS) is 13.8. The molecular weight excluding hydrogens is 352 g/mol. The second-order valence-corrected chi connectivity index (χ2v) is 7.61. The zero-order valence-corrected chi connectivity index (χ0v) is 14.9. The van der Waals surface area contributed by atoms with E-state index in [4.69, 9.17) is 19.4 Å². The van der Waals surface area contributed by atoms with Gasteiger partial charge >= 0.3 is 0 Å². The first kappa shape index (κ1) is 14.9. The van der Waals surface area contributed by atoms with Gasteiger partial charge in [0.15, 0.2) is 11.5 Å². The maximum absolute atomic E-state index is 5.80. The lowest BCUT2D eigenvalue weighted by Crippen LogP contribution is -1.97. The molecule has 0 N–H and O–H groups in total. The molecule has 0 unspecified atom stereocenters. The van der Waals surface area contributed by atoms with Crippen LogP contribution in [-0.2, 0) is 0 Å². The number of rotatable bonds is 2. The van der Waals surface area contributed by atoms with Gasteiger partial charge in [0.2, 0.25) is 0 Å². The highest BCUT2D eigenvalue weighted by atomic mass is 32.1. The lowest BCUT2D eigenvalue weighted by atomic mass is 10.2. The fourth-order valence-electron chi connectivity index (χ4n) is 2.88. The van der Waals surface area contributed by atoms with Gasteiger partial charge in [-0.05, 0) is 22.9 Å². The molecule has 0 amide bonds. The molecule has 0 spiro atoms. The summed E-state index contributed by atoms with van der Waals surface area (Å²) in [6.45, 7) is 1.33. The van der Waals surface area contributed by atoms with Gasteiger partial charge < -0.3 is 9.47 Å².